The van der Waals surface area contributed by atoms with E-state index in [0.717, 1.165) is 50.3 Å². The van der Waals surface area contributed by atoms with Gasteiger partial charge in [-0.3, -0.25) is 0 Å². The van der Waals surface area contributed by atoms with Crippen molar-refractivity contribution in [1.29, 1.82) is 0 Å². The molecule has 0 aliphatic heterocycles. The van der Waals surface area contributed by atoms with Crippen molar-refractivity contribution in [3.8, 4) is 27.9 Å². The van der Waals surface area contributed by atoms with Crippen LogP contribution in [0.15, 0.2) is 235 Å². The summed E-state index contributed by atoms with van der Waals surface area (Å²) >= 11 is 0. The van der Waals surface area contributed by atoms with Crippen LogP contribution >= 0.6 is 0 Å². The lowest BCUT2D eigenvalue weighted by molar-refractivity contribution is 0.669. The number of nitrogens with zero attached hydrogens (tertiary/aromatic N) is 2. The monoisotopic (exact) mass is 802 g/mol. The van der Waals surface area contributed by atoms with Gasteiger partial charge >= 0.3 is 0 Å². The molecule has 13 rings (SSSR count). The molecule has 0 spiro atoms. The van der Waals surface area contributed by atoms with Crippen LogP contribution in [0.5, 0.6) is 0 Å². The van der Waals surface area contributed by atoms with Crippen molar-refractivity contribution in [3.63, 3.8) is 0 Å². The number of hydrogen-bond donors (Lipinski definition) is 0. The summed E-state index contributed by atoms with van der Waals surface area (Å²) in [6, 6.07) is 83.4. The van der Waals surface area contributed by atoms with Crippen LogP contribution in [-0.4, -0.2) is 4.57 Å². The number of hydrogen-bond acceptors (Lipinski definition) is 2. The van der Waals surface area contributed by atoms with E-state index in [2.05, 4.69) is 234 Å². The first-order chi connectivity index (χ1) is 31.2. The Morgan fingerprint density at radius 2 is 0.825 bits per heavy atom. The summed E-state index contributed by atoms with van der Waals surface area (Å²) in [5, 5.41) is 12.2. The first kappa shape index (κ1) is 35.4. The minimum atomic E-state index is 0.864. The van der Waals surface area contributed by atoms with Crippen LogP contribution in [0.4, 0.5) is 17.1 Å². The number of anilines is 3. The zero-order valence-electron chi connectivity index (χ0n) is 34.2. The van der Waals surface area contributed by atoms with E-state index in [1.807, 2.05) is 6.07 Å². The number of fused-ring (bicyclic) bond motifs is 12. The largest absolute Gasteiger partial charge is 0.454 e. The van der Waals surface area contributed by atoms with Crippen LogP contribution in [0, 0.1) is 0 Å². The standard InChI is InChI=1S/C60H38N2O/c1-2-13-39(14-3-1)40-25-32-44(33-26-40)62-56-22-10-8-19-51(56)55-37-42(29-36-57(55)62)41-27-30-43(31-28-41)61(58-23-12-21-53-52-20-9-11-24-59(52)63-60(53)58)45-34-35-50-48-17-5-4-15-46(48)47-16-6-7-18-49(47)54(50)38-45/h1-38H. The van der Waals surface area contributed by atoms with Crippen molar-refractivity contribution >= 4 is 93.1 Å². The van der Waals surface area contributed by atoms with Gasteiger partial charge in [-0.05, 0) is 121 Å². The van der Waals surface area contributed by atoms with Gasteiger partial charge in [-0.25, -0.2) is 0 Å². The van der Waals surface area contributed by atoms with Crippen molar-refractivity contribution < 1.29 is 4.42 Å². The van der Waals surface area contributed by atoms with Crippen LogP contribution in [0.3, 0.4) is 0 Å². The molecular weight excluding hydrogens is 765 g/mol. The van der Waals surface area contributed by atoms with Gasteiger partial charge in [0.15, 0.2) is 5.58 Å². The second-order valence-electron chi connectivity index (χ2n) is 16.5. The van der Waals surface area contributed by atoms with Crippen molar-refractivity contribution in [3.05, 3.63) is 231 Å². The molecule has 0 radical (unpaired) electrons. The number of benzene rings is 11. The smallest absolute Gasteiger partial charge is 0.159 e. The lowest BCUT2D eigenvalue weighted by Gasteiger charge is -2.26. The zero-order chi connectivity index (χ0) is 41.4. The first-order valence-corrected chi connectivity index (χ1v) is 21.6. The van der Waals surface area contributed by atoms with E-state index >= 15 is 0 Å². The lowest BCUT2D eigenvalue weighted by Crippen LogP contribution is -2.10. The van der Waals surface area contributed by atoms with Gasteiger partial charge in [0.25, 0.3) is 0 Å². The number of rotatable bonds is 6. The van der Waals surface area contributed by atoms with Crippen LogP contribution in [-0.2, 0) is 0 Å². The third kappa shape index (κ3) is 5.60. The highest BCUT2D eigenvalue weighted by Gasteiger charge is 2.21. The number of para-hydroxylation sites is 3. The quantitative estimate of drug-likeness (QED) is 0.156. The maximum atomic E-state index is 6.71. The highest BCUT2D eigenvalue weighted by Crippen LogP contribution is 2.45. The van der Waals surface area contributed by atoms with E-state index in [9.17, 15) is 0 Å². The minimum absolute atomic E-state index is 0.864. The zero-order valence-corrected chi connectivity index (χ0v) is 34.2. The van der Waals surface area contributed by atoms with E-state index in [4.69, 9.17) is 4.42 Å². The Hall–Kier alpha value is -8.40. The third-order valence-electron chi connectivity index (χ3n) is 13.0. The molecule has 3 nitrogen and oxygen atoms in total. The average molecular weight is 803 g/mol. The van der Waals surface area contributed by atoms with Gasteiger partial charge in [0, 0.05) is 38.6 Å². The number of aromatic nitrogens is 1. The maximum absolute atomic E-state index is 6.71. The van der Waals surface area contributed by atoms with Gasteiger partial charge in [0.05, 0.1) is 16.7 Å². The average Bonchev–Trinajstić information content (AvgIpc) is 3.91. The summed E-state index contributed by atoms with van der Waals surface area (Å²) in [4.78, 5) is 2.36. The Morgan fingerprint density at radius 1 is 0.302 bits per heavy atom. The Balaban J connectivity index is 0.951. The van der Waals surface area contributed by atoms with Gasteiger partial charge in [-0.1, -0.05) is 164 Å². The Kier molecular flexibility index (Phi) is 7.91. The molecule has 0 N–H and O–H groups in total. The molecule has 0 amide bonds. The molecule has 0 unspecified atom stereocenters. The maximum Gasteiger partial charge on any atom is 0.159 e. The summed E-state index contributed by atoms with van der Waals surface area (Å²) in [6.07, 6.45) is 0. The van der Waals surface area contributed by atoms with Gasteiger partial charge in [0.2, 0.25) is 0 Å². The van der Waals surface area contributed by atoms with E-state index in [-0.39, 0.29) is 0 Å². The molecule has 0 fully saturated rings. The molecule has 13 aromatic rings. The van der Waals surface area contributed by atoms with E-state index in [0.29, 0.717) is 0 Å². The fourth-order valence-corrected chi connectivity index (χ4v) is 10.0. The highest BCUT2D eigenvalue weighted by molar-refractivity contribution is 6.26. The molecule has 0 aliphatic carbocycles. The third-order valence-corrected chi connectivity index (χ3v) is 13.0. The number of furan rings is 1. The summed E-state index contributed by atoms with van der Waals surface area (Å²) in [5.41, 5.74) is 13.1. The van der Waals surface area contributed by atoms with Gasteiger partial charge in [-0.2, -0.15) is 0 Å². The van der Waals surface area contributed by atoms with Gasteiger partial charge in [0.1, 0.15) is 5.58 Å². The van der Waals surface area contributed by atoms with Crippen LogP contribution in [0.1, 0.15) is 0 Å². The summed E-state index contributed by atoms with van der Waals surface area (Å²) in [5.74, 6) is 0. The Morgan fingerprint density at radius 3 is 1.57 bits per heavy atom. The normalized spacial score (nSPS) is 11.8. The SMILES string of the molecule is c1ccc(-c2ccc(-n3c4ccccc4c4cc(-c5ccc(N(c6ccc7c8ccccc8c8ccccc8c7c6)c6cccc7c6oc6ccccc67)cc5)ccc43)cc2)cc1. The summed E-state index contributed by atoms with van der Waals surface area (Å²) in [7, 11) is 0. The molecule has 3 heteroatoms. The van der Waals surface area contributed by atoms with Crippen LogP contribution in [0.25, 0.3) is 104 Å². The molecule has 2 heterocycles. The van der Waals surface area contributed by atoms with Crippen LogP contribution < -0.4 is 4.90 Å². The topological polar surface area (TPSA) is 21.3 Å². The fraction of sp³-hybridized carbons (Fsp3) is 0. The lowest BCUT2D eigenvalue weighted by atomic mass is 9.94. The fourth-order valence-electron chi connectivity index (χ4n) is 10.0. The summed E-state index contributed by atoms with van der Waals surface area (Å²) < 4.78 is 9.10. The molecular formula is C60H38N2O. The summed E-state index contributed by atoms with van der Waals surface area (Å²) in [6.45, 7) is 0. The Bertz CT molecular complexity index is 3860. The van der Waals surface area contributed by atoms with Crippen molar-refractivity contribution in [2.45, 2.75) is 0 Å². The molecule has 0 aliphatic rings. The second kappa shape index (κ2) is 14.1. The minimum Gasteiger partial charge on any atom is -0.454 e. The molecule has 63 heavy (non-hydrogen) atoms. The van der Waals surface area contributed by atoms with Crippen molar-refractivity contribution in [2.75, 3.05) is 4.90 Å². The predicted molar refractivity (Wildman–Crippen MR) is 266 cm³/mol. The van der Waals surface area contributed by atoms with Crippen LogP contribution in [0.2, 0.25) is 0 Å². The molecule has 0 bridgehead atoms. The van der Waals surface area contributed by atoms with E-state index < -0.39 is 0 Å². The van der Waals surface area contributed by atoms with Crippen molar-refractivity contribution in [2.24, 2.45) is 0 Å². The van der Waals surface area contributed by atoms with Gasteiger partial charge < -0.3 is 13.9 Å². The predicted octanol–water partition coefficient (Wildman–Crippen LogP) is 16.9. The van der Waals surface area contributed by atoms with E-state index in [1.165, 1.54) is 70.8 Å². The first-order valence-electron chi connectivity index (χ1n) is 21.6. The molecule has 0 saturated heterocycles. The molecule has 0 saturated carbocycles. The van der Waals surface area contributed by atoms with Crippen molar-refractivity contribution in [1.82, 2.24) is 4.57 Å². The van der Waals surface area contributed by atoms with Gasteiger partial charge in [-0.15, -0.1) is 0 Å². The molecule has 0 atom stereocenters. The Labute approximate surface area is 363 Å². The molecule has 2 aromatic heterocycles. The van der Waals surface area contributed by atoms with E-state index in [1.54, 1.807) is 0 Å². The molecule has 294 valence electrons. The second-order valence-corrected chi connectivity index (χ2v) is 16.5. The highest BCUT2D eigenvalue weighted by atomic mass is 16.3. The molecule has 11 aromatic carbocycles.